The van der Waals surface area contributed by atoms with Crippen molar-refractivity contribution < 1.29 is 4.79 Å². The smallest absolute Gasteiger partial charge is 0.237 e. The third-order valence-electron chi connectivity index (χ3n) is 4.13. The van der Waals surface area contributed by atoms with E-state index in [9.17, 15) is 4.79 Å². The molecule has 3 nitrogen and oxygen atoms in total. The summed E-state index contributed by atoms with van der Waals surface area (Å²) in [6.45, 7) is 2.10. The van der Waals surface area contributed by atoms with Crippen molar-refractivity contribution in [1.29, 1.82) is 0 Å². The molecule has 24 heavy (non-hydrogen) atoms. The second-order valence-electron chi connectivity index (χ2n) is 5.83. The molecule has 1 aromatic heterocycles. The van der Waals surface area contributed by atoms with Crippen LogP contribution in [0.5, 0.6) is 0 Å². The van der Waals surface area contributed by atoms with Gasteiger partial charge in [0.2, 0.25) is 5.91 Å². The molecule has 0 unspecified atom stereocenters. The summed E-state index contributed by atoms with van der Waals surface area (Å²) in [7, 11) is 0. The Hall–Kier alpha value is -1.56. The molecule has 122 valence electrons. The number of hydrogen-bond acceptors (Lipinski definition) is 4. The summed E-state index contributed by atoms with van der Waals surface area (Å²) < 4.78 is 2.00. The molecule has 1 amide bonds. The molecule has 0 spiro atoms. The number of thioether (sulfide) groups is 1. The fraction of sp³-hybridized carbons (Fsp3) is 0.222. The predicted molar refractivity (Wildman–Crippen MR) is 102 cm³/mol. The summed E-state index contributed by atoms with van der Waals surface area (Å²) in [5.74, 6) is 0.529. The molecule has 0 bridgehead atoms. The Morgan fingerprint density at radius 3 is 3.08 bits per heavy atom. The van der Waals surface area contributed by atoms with Crippen molar-refractivity contribution in [2.45, 2.75) is 23.7 Å². The number of anilines is 1. The number of carbonyl (C=O) groups excluding carboxylic acids is 1. The molecule has 1 aliphatic rings. The first-order valence-electron chi connectivity index (χ1n) is 7.70. The molecule has 3 aromatic rings. The zero-order valence-corrected chi connectivity index (χ0v) is 15.4. The molecule has 6 heteroatoms. The van der Waals surface area contributed by atoms with Crippen LogP contribution < -0.4 is 4.90 Å². The Labute approximate surface area is 153 Å². The molecule has 0 saturated carbocycles. The molecule has 2 aromatic carbocycles. The SMILES string of the molecule is C[C@H]1Cc2ccccc2N1C(=O)CSc1nc2cc(Cl)ccc2s1. The summed E-state index contributed by atoms with van der Waals surface area (Å²) in [5.41, 5.74) is 3.19. The number of para-hydroxylation sites is 1. The number of halogens is 1. The Bertz CT molecular complexity index is 924. The summed E-state index contributed by atoms with van der Waals surface area (Å²) in [6.07, 6.45) is 0.923. The first kappa shape index (κ1) is 15.9. The van der Waals surface area contributed by atoms with E-state index in [1.165, 1.54) is 17.3 Å². The van der Waals surface area contributed by atoms with Crippen molar-refractivity contribution in [2.24, 2.45) is 0 Å². The van der Waals surface area contributed by atoms with Gasteiger partial charge in [-0.3, -0.25) is 4.79 Å². The van der Waals surface area contributed by atoms with Gasteiger partial charge in [0.15, 0.2) is 4.34 Å². The maximum atomic E-state index is 12.7. The van der Waals surface area contributed by atoms with Gasteiger partial charge in [0.25, 0.3) is 0 Å². The molecule has 1 aliphatic heterocycles. The summed E-state index contributed by atoms with van der Waals surface area (Å²) in [5, 5.41) is 0.683. The Kier molecular flexibility index (Phi) is 4.24. The predicted octanol–water partition coefficient (Wildman–Crippen LogP) is 5.02. The highest BCUT2D eigenvalue weighted by Crippen LogP contribution is 2.34. The van der Waals surface area contributed by atoms with Crippen LogP contribution in [0.3, 0.4) is 0 Å². The van der Waals surface area contributed by atoms with E-state index in [-0.39, 0.29) is 11.9 Å². The Morgan fingerprint density at radius 2 is 2.21 bits per heavy atom. The van der Waals surface area contributed by atoms with Crippen molar-refractivity contribution in [1.82, 2.24) is 4.98 Å². The number of rotatable bonds is 3. The van der Waals surface area contributed by atoms with Gasteiger partial charge in [-0.1, -0.05) is 41.6 Å². The highest BCUT2D eigenvalue weighted by molar-refractivity contribution is 8.01. The fourth-order valence-electron chi connectivity index (χ4n) is 3.08. The minimum absolute atomic E-state index is 0.134. The number of nitrogens with zero attached hydrogens (tertiary/aromatic N) is 2. The maximum Gasteiger partial charge on any atom is 0.237 e. The highest BCUT2D eigenvalue weighted by atomic mass is 35.5. The lowest BCUT2D eigenvalue weighted by Gasteiger charge is -2.22. The number of hydrogen-bond donors (Lipinski definition) is 0. The first-order chi connectivity index (χ1) is 11.6. The van der Waals surface area contributed by atoms with Gasteiger partial charge < -0.3 is 4.90 Å². The van der Waals surface area contributed by atoms with Crippen molar-refractivity contribution in [3.05, 3.63) is 53.1 Å². The van der Waals surface area contributed by atoms with E-state index < -0.39 is 0 Å². The molecular formula is C18H15ClN2OS2. The highest BCUT2D eigenvalue weighted by Gasteiger charge is 2.30. The zero-order valence-electron chi connectivity index (χ0n) is 13.0. The van der Waals surface area contributed by atoms with E-state index in [1.807, 2.05) is 41.3 Å². The Morgan fingerprint density at radius 1 is 1.38 bits per heavy atom. The van der Waals surface area contributed by atoms with Gasteiger partial charge in [-0.15, -0.1) is 11.3 Å². The van der Waals surface area contributed by atoms with E-state index in [1.54, 1.807) is 11.3 Å². The second-order valence-corrected chi connectivity index (χ2v) is 8.52. The van der Waals surface area contributed by atoms with Crippen LogP contribution in [-0.4, -0.2) is 22.7 Å². The monoisotopic (exact) mass is 374 g/mol. The largest absolute Gasteiger partial charge is 0.308 e. The van der Waals surface area contributed by atoms with Crippen molar-refractivity contribution in [2.75, 3.05) is 10.7 Å². The van der Waals surface area contributed by atoms with Crippen molar-refractivity contribution >= 4 is 56.5 Å². The number of thiazole rings is 1. The second kappa shape index (κ2) is 6.39. The quantitative estimate of drug-likeness (QED) is 0.603. The van der Waals surface area contributed by atoms with Crippen LogP contribution in [0.4, 0.5) is 5.69 Å². The standard InChI is InChI=1S/C18H15ClN2OS2/c1-11-8-12-4-2-3-5-15(12)21(11)17(22)10-23-18-20-14-9-13(19)6-7-16(14)24-18/h2-7,9,11H,8,10H2,1H3/t11-/m0/s1. The van der Waals surface area contributed by atoms with E-state index in [2.05, 4.69) is 18.0 Å². The third kappa shape index (κ3) is 2.92. The zero-order chi connectivity index (χ0) is 16.7. The molecule has 0 radical (unpaired) electrons. The van der Waals surface area contributed by atoms with Crippen molar-refractivity contribution in [3.8, 4) is 0 Å². The fourth-order valence-corrected chi connectivity index (χ4v) is 5.15. The van der Waals surface area contributed by atoms with Gasteiger partial charge in [-0.05, 0) is 43.2 Å². The average Bonchev–Trinajstić information content (AvgIpc) is 3.11. The topological polar surface area (TPSA) is 33.2 Å². The lowest BCUT2D eigenvalue weighted by atomic mass is 10.1. The maximum absolute atomic E-state index is 12.7. The summed E-state index contributed by atoms with van der Waals surface area (Å²) in [4.78, 5) is 19.2. The number of fused-ring (bicyclic) bond motifs is 2. The lowest BCUT2D eigenvalue weighted by Crippen LogP contribution is -2.36. The summed E-state index contributed by atoms with van der Waals surface area (Å²) in [6, 6.07) is 14.1. The summed E-state index contributed by atoms with van der Waals surface area (Å²) >= 11 is 9.10. The van der Waals surface area contributed by atoms with Crippen LogP contribution in [0.15, 0.2) is 46.8 Å². The minimum Gasteiger partial charge on any atom is -0.308 e. The molecule has 4 rings (SSSR count). The molecule has 1 atom stereocenters. The van der Waals surface area contributed by atoms with E-state index >= 15 is 0 Å². The molecule has 0 N–H and O–H groups in total. The number of aromatic nitrogens is 1. The molecule has 2 heterocycles. The molecule has 0 aliphatic carbocycles. The molecule has 0 fully saturated rings. The molecular weight excluding hydrogens is 360 g/mol. The van der Waals surface area contributed by atoms with Gasteiger partial charge in [-0.2, -0.15) is 0 Å². The van der Waals surface area contributed by atoms with Gasteiger partial charge in [0.05, 0.1) is 16.0 Å². The van der Waals surface area contributed by atoms with E-state index in [4.69, 9.17) is 11.6 Å². The van der Waals surface area contributed by atoms with Crippen LogP contribution in [0.2, 0.25) is 5.02 Å². The van der Waals surface area contributed by atoms with Crippen molar-refractivity contribution in [3.63, 3.8) is 0 Å². The third-order valence-corrected chi connectivity index (χ3v) is 6.52. The van der Waals surface area contributed by atoms with Crippen LogP contribution in [-0.2, 0) is 11.2 Å². The Balaban J connectivity index is 1.50. The number of carbonyl (C=O) groups is 1. The van der Waals surface area contributed by atoms with Crippen LogP contribution >= 0.6 is 34.7 Å². The normalized spacial score (nSPS) is 16.6. The van der Waals surface area contributed by atoms with E-state index in [0.29, 0.717) is 10.8 Å². The lowest BCUT2D eigenvalue weighted by molar-refractivity contribution is -0.116. The number of benzene rings is 2. The van der Waals surface area contributed by atoms with Crippen LogP contribution in [0.25, 0.3) is 10.2 Å². The minimum atomic E-state index is 0.134. The first-order valence-corrected chi connectivity index (χ1v) is 9.88. The number of amides is 1. The van der Waals surface area contributed by atoms with Crippen LogP contribution in [0, 0.1) is 0 Å². The van der Waals surface area contributed by atoms with E-state index in [0.717, 1.165) is 26.7 Å². The van der Waals surface area contributed by atoms with Gasteiger partial charge in [0, 0.05) is 16.8 Å². The van der Waals surface area contributed by atoms with Gasteiger partial charge in [0.1, 0.15) is 0 Å². The van der Waals surface area contributed by atoms with Gasteiger partial charge >= 0.3 is 0 Å². The van der Waals surface area contributed by atoms with Gasteiger partial charge in [-0.25, -0.2) is 4.98 Å². The average molecular weight is 375 g/mol. The molecule has 0 saturated heterocycles. The van der Waals surface area contributed by atoms with Crippen LogP contribution in [0.1, 0.15) is 12.5 Å².